The Morgan fingerprint density at radius 1 is 1.29 bits per heavy atom. The Balaban J connectivity index is 1.55. The maximum Gasteiger partial charge on any atom is 0.173 e. The molecule has 1 aromatic rings. The average Bonchev–Trinajstić information content (AvgIpc) is 2.17. The molecule has 90 valence electrons. The Morgan fingerprint density at radius 3 is 2.47 bits per heavy atom. The van der Waals surface area contributed by atoms with Gasteiger partial charge in [-0.05, 0) is 36.5 Å². The van der Waals surface area contributed by atoms with Crippen LogP contribution in [0.1, 0.15) is 0 Å². The summed E-state index contributed by atoms with van der Waals surface area (Å²) in [5.74, 6) is -0.232. The number of anilines is 1. The van der Waals surface area contributed by atoms with Crippen molar-refractivity contribution in [1.29, 1.82) is 0 Å². The van der Waals surface area contributed by atoms with Crippen LogP contribution in [-0.4, -0.2) is 36.2 Å². The lowest BCUT2D eigenvalue weighted by Gasteiger charge is -2.56. The summed E-state index contributed by atoms with van der Waals surface area (Å²) in [5, 5.41) is 7.15. The number of hydrogen-bond donors (Lipinski definition) is 2. The fourth-order valence-corrected chi connectivity index (χ4v) is 2.59. The summed E-state index contributed by atoms with van der Waals surface area (Å²) in [6.45, 7) is 4.24. The maximum atomic E-state index is 12.7. The van der Waals surface area contributed by atoms with Crippen LogP contribution in [0.5, 0.6) is 0 Å². The van der Waals surface area contributed by atoms with E-state index in [1.165, 1.54) is 12.1 Å². The fraction of sp³-hybridized carbons (Fsp3) is 0.417. The van der Waals surface area contributed by atoms with Gasteiger partial charge in [0.25, 0.3) is 0 Å². The van der Waals surface area contributed by atoms with Gasteiger partial charge in [0, 0.05) is 37.3 Å². The SMILES string of the molecule is Fc1ccc(NC(=S)N2CC3(CNC3)C2)cc1. The van der Waals surface area contributed by atoms with E-state index >= 15 is 0 Å². The minimum atomic E-state index is -0.232. The van der Waals surface area contributed by atoms with E-state index in [-0.39, 0.29) is 5.82 Å². The zero-order chi connectivity index (χ0) is 11.9. The quantitative estimate of drug-likeness (QED) is 0.738. The van der Waals surface area contributed by atoms with Gasteiger partial charge in [0.05, 0.1) is 0 Å². The molecule has 2 aliphatic rings. The summed E-state index contributed by atoms with van der Waals surface area (Å²) in [4.78, 5) is 2.15. The molecule has 2 aliphatic heterocycles. The van der Waals surface area contributed by atoms with Gasteiger partial charge >= 0.3 is 0 Å². The highest BCUT2D eigenvalue weighted by atomic mass is 32.1. The Hall–Kier alpha value is -1.20. The van der Waals surface area contributed by atoms with Gasteiger partial charge in [0.2, 0.25) is 0 Å². The summed E-state index contributed by atoms with van der Waals surface area (Å²) >= 11 is 5.32. The minimum Gasteiger partial charge on any atom is -0.348 e. The van der Waals surface area contributed by atoms with Crippen LogP contribution in [0.2, 0.25) is 0 Å². The highest BCUT2D eigenvalue weighted by molar-refractivity contribution is 7.80. The van der Waals surface area contributed by atoms with Gasteiger partial charge in [-0.2, -0.15) is 0 Å². The molecular formula is C12H14FN3S. The standard InChI is InChI=1S/C12H14FN3S/c13-9-1-3-10(4-2-9)15-11(17)16-7-12(8-16)5-14-6-12/h1-4,14H,5-8H2,(H,15,17). The monoisotopic (exact) mass is 251 g/mol. The molecule has 2 saturated heterocycles. The van der Waals surface area contributed by atoms with Crippen molar-refractivity contribution < 1.29 is 4.39 Å². The van der Waals surface area contributed by atoms with Crippen molar-refractivity contribution in [3.8, 4) is 0 Å². The second-order valence-corrected chi connectivity index (χ2v) is 5.28. The van der Waals surface area contributed by atoms with Crippen molar-refractivity contribution in [3.05, 3.63) is 30.1 Å². The predicted octanol–water partition coefficient (Wildman–Crippen LogP) is 1.43. The molecule has 3 rings (SSSR count). The van der Waals surface area contributed by atoms with Gasteiger partial charge in [0.15, 0.2) is 5.11 Å². The molecule has 0 amide bonds. The van der Waals surface area contributed by atoms with Gasteiger partial charge < -0.3 is 15.5 Å². The molecule has 0 atom stereocenters. The molecule has 3 nitrogen and oxygen atoms in total. The Labute approximate surface area is 105 Å². The van der Waals surface area contributed by atoms with E-state index in [4.69, 9.17) is 12.2 Å². The lowest BCUT2D eigenvalue weighted by molar-refractivity contribution is 0.00868. The molecule has 5 heteroatoms. The van der Waals surface area contributed by atoms with Crippen LogP contribution in [0.15, 0.2) is 24.3 Å². The number of hydrogen-bond acceptors (Lipinski definition) is 2. The number of likely N-dealkylation sites (tertiary alicyclic amines) is 1. The van der Waals surface area contributed by atoms with Crippen LogP contribution in [0.3, 0.4) is 0 Å². The molecule has 0 aromatic heterocycles. The molecule has 0 aliphatic carbocycles. The predicted molar refractivity (Wildman–Crippen MR) is 69.5 cm³/mol. The van der Waals surface area contributed by atoms with Gasteiger partial charge in [-0.3, -0.25) is 0 Å². The number of thiocarbonyl (C=S) groups is 1. The van der Waals surface area contributed by atoms with Crippen molar-refractivity contribution in [2.24, 2.45) is 5.41 Å². The normalized spacial score (nSPS) is 20.6. The Kier molecular flexibility index (Phi) is 2.52. The molecule has 0 saturated carbocycles. The molecule has 2 N–H and O–H groups in total. The van der Waals surface area contributed by atoms with Gasteiger partial charge in [-0.25, -0.2) is 4.39 Å². The molecule has 2 fully saturated rings. The summed E-state index contributed by atoms with van der Waals surface area (Å²) in [5.41, 5.74) is 1.30. The number of halogens is 1. The van der Waals surface area contributed by atoms with E-state index in [9.17, 15) is 4.39 Å². The zero-order valence-corrected chi connectivity index (χ0v) is 10.2. The van der Waals surface area contributed by atoms with Crippen LogP contribution in [-0.2, 0) is 0 Å². The van der Waals surface area contributed by atoms with E-state index in [2.05, 4.69) is 15.5 Å². The van der Waals surface area contributed by atoms with E-state index in [0.29, 0.717) is 5.41 Å². The van der Waals surface area contributed by atoms with Gasteiger partial charge in [-0.15, -0.1) is 0 Å². The second-order valence-electron chi connectivity index (χ2n) is 4.90. The van der Waals surface area contributed by atoms with Crippen molar-refractivity contribution >= 4 is 23.0 Å². The third-order valence-electron chi connectivity index (χ3n) is 3.44. The summed E-state index contributed by atoms with van der Waals surface area (Å²) in [7, 11) is 0. The van der Waals surface area contributed by atoms with Crippen LogP contribution in [0.4, 0.5) is 10.1 Å². The van der Waals surface area contributed by atoms with E-state index in [0.717, 1.165) is 37.0 Å². The summed E-state index contributed by atoms with van der Waals surface area (Å²) in [6, 6.07) is 6.25. The van der Waals surface area contributed by atoms with Crippen molar-refractivity contribution in [2.75, 3.05) is 31.5 Å². The molecule has 1 spiro atoms. The highest BCUT2D eigenvalue weighted by Gasteiger charge is 2.48. The lowest BCUT2D eigenvalue weighted by atomic mass is 9.75. The molecule has 2 heterocycles. The second kappa shape index (κ2) is 3.92. The van der Waals surface area contributed by atoms with Crippen molar-refractivity contribution in [2.45, 2.75) is 0 Å². The van der Waals surface area contributed by atoms with Crippen LogP contribution < -0.4 is 10.6 Å². The lowest BCUT2D eigenvalue weighted by Crippen LogP contribution is -2.72. The number of rotatable bonds is 1. The van der Waals surface area contributed by atoms with Gasteiger partial charge in [-0.1, -0.05) is 0 Å². The topological polar surface area (TPSA) is 27.3 Å². The molecule has 0 bridgehead atoms. The van der Waals surface area contributed by atoms with Gasteiger partial charge in [0.1, 0.15) is 5.82 Å². The van der Waals surface area contributed by atoms with Crippen LogP contribution >= 0.6 is 12.2 Å². The van der Waals surface area contributed by atoms with Crippen molar-refractivity contribution in [3.63, 3.8) is 0 Å². The molecule has 0 radical (unpaired) electrons. The number of nitrogens with one attached hydrogen (secondary N) is 2. The third kappa shape index (κ3) is 2.00. The minimum absolute atomic E-state index is 0.232. The number of benzene rings is 1. The molecule has 0 unspecified atom stereocenters. The molecule has 1 aromatic carbocycles. The number of nitrogens with zero attached hydrogens (tertiary/aromatic N) is 1. The third-order valence-corrected chi connectivity index (χ3v) is 3.80. The molecule has 17 heavy (non-hydrogen) atoms. The van der Waals surface area contributed by atoms with E-state index in [1.807, 2.05) is 0 Å². The average molecular weight is 251 g/mol. The highest BCUT2D eigenvalue weighted by Crippen LogP contribution is 2.34. The largest absolute Gasteiger partial charge is 0.348 e. The summed E-state index contributed by atoms with van der Waals surface area (Å²) in [6.07, 6.45) is 0. The first-order valence-corrected chi connectivity index (χ1v) is 6.10. The first-order valence-electron chi connectivity index (χ1n) is 5.69. The van der Waals surface area contributed by atoms with Crippen LogP contribution in [0.25, 0.3) is 0 Å². The zero-order valence-electron chi connectivity index (χ0n) is 9.37. The van der Waals surface area contributed by atoms with E-state index in [1.54, 1.807) is 12.1 Å². The molecular weight excluding hydrogens is 237 g/mol. The first kappa shape index (κ1) is 10.9. The summed E-state index contributed by atoms with van der Waals surface area (Å²) < 4.78 is 12.7. The Bertz CT molecular complexity index is 434. The fourth-order valence-electron chi connectivity index (χ4n) is 2.34. The smallest absolute Gasteiger partial charge is 0.173 e. The maximum absolute atomic E-state index is 12.7. The van der Waals surface area contributed by atoms with Crippen molar-refractivity contribution in [1.82, 2.24) is 10.2 Å². The Morgan fingerprint density at radius 2 is 1.94 bits per heavy atom. The first-order chi connectivity index (χ1) is 8.17. The van der Waals surface area contributed by atoms with Crippen LogP contribution in [0, 0.1) is 11.2 Å². The van der Waals surface area contributed by atoms with E-state index < -0.39 is 0 Å².